The molecule has 0 heterocycles. The topological polar surface area (TPSA) is 18.5 Å². The van der Waals surface area contributed by atoms with Crippen molar-refractivity contribution in [3.05, 3.63) is 35.9 Å². The molecule has 0 radical (unpaired) electrons. The van der Waals surface area contributed by atoms with E-state index in [0.29, 0.717) is 13.2 Å². The molecule has 0 saturated heterocycles. The fourth-order valence-electron chi connectivity index (χ4n) is 1.66. The van der Waals surface area contributed by atoms with Gasteiger partial charge in [0.05, 0.1) is 13.2 Å². The van der Waals surface area contributed by atoms with E-state index < -0.39 is 0 Å². The Morgan fingerprint density at radius 1 is 0.778 bits per heavy atom. The van der Waals surface area contributed by atoms with E-state index in [4.69, 9.17) is 9.47 Å². The summed E-state index contributed by atoms with van der Waals surface area (Å²) in [5.74, 6) is 0. The number of hydrogen-bond acceptors (Lipinski definition) is 2. The quantitative estimate of drug-likeness (QED) is 0.456. The molecule has 0 aromatic heterocycles. The maximum Gasteiger partial charge on any atom is 0.0700 e. The molecule has 0 fully saturated rings. The van der Waals surface area contributed by atoms with Gasteiger partial charge in [0, 0.05) is 18.5 Å². The van der Waals surface area contributed by atoms with Crippen LogP contribution in [0.2, 0.25) is 0 Å². The van der Waals surface area contributed by atoms with Crippen molar-refractivity contribution < 1.29 is 9.47 Å². The van der Waals surface area contributed by atoms with E-state index in [1.807, 2.05) is 0 Å². The van der Waals surface area contributed by atoms with Crippen LogP contribution in [0.3, 0.4) is 0 Å². The van der Waals surface area contributed by atoms with Gasteiger partial charge in [-0.1, -0.05) is 46.3 Å². The van der Waals surface area contributed by atoms with Crippen LogP contribution >= 0.6 is 15.9 Å². The van der Waals surface area contributed by atoms with E-state index in [2.05, 4.69) is 46.3 Å². The summed E-state index contributed by atoms with van der Waals surface area (Å²) in [6.07, 6.45) is 4.52. The zero-order chi connectivity index (χ0) is 12.9. The van der Waals surface area contributed by atoms with Gasteiger partial charge in [0.25, 0.3) is 0 Å². The van der Waals surface area contributed by atoms with Crippen molar-refractivity contribution in [1.29, 1.82) is 0 Å². The van der Waals surface area contributed by atoms with Gasteiger partial charge in [-0.05, 0) is 31.2 Å². The SMILES string of the molecule is BrCCCOCCOCCCCc1ccccc1. The molecule has 0 spiro atoms. The molecule has 18 heavy (non-hydrogen) atoms. The number of aryl methyl sites for hydroxylation is 1. The fourth-order valence-corrected chi connectivity index (χ4v) is 1.89. The minimum atomic E-state index is 0.714. The van der Waals surface area contributed by atoms with Crippen LogP contribution in [0.4, 0.5) is 0 Å². The summed E-state index contributed by atoms with van der Waals surface area (Å²) < 4.78 is 10.9. The first-order chi connectivity index (χ1) is 8.93. The molecular formula is C15H23BrO2. The van der Waals surface area contributed by atoms with Crippen molar-refractivity contribution in [3.8, 4) is 0 Å². The Kier molecular flexibility index (Phi) is 10.2. The first kappa shape index (κ1) is 15.7. The predicted molar refractivity (Wildman–Crippen MR) is 79.4 cm³/mol. The highest BCUT2D eigenvalue weighted by Crippen LogP contribution is 2.04. The summed E-state index contributed by atoms with van der Waals surface area (Å²) in [6, 6.07) is 10.6. The van der Waals surface area contributed by atoms with Crippen molar-refractivity contribution in [2.45, 2.75) is 25.7 Å². The lowest BCUT2D eigenvalue weighted by atomic mass is 10.1. The lowest BCUT2D eigenvalue weighted by molar-refractivity contribution is 0.0470. The Bertz CT molecular complexity index is 277. The van der Waals surface area contributed by atoms with Crippen molar-refractivity contribution in [2.75, 3.05) is 31.8 Å². The second-order valence-electron chi connectivity index (χ2n) is 4.21. The lowest BCUT2D eigenvalue weighted by Crippen LogP contribution is -2.06. The molecule has 1 aromatic rings. The Labute approximate surface area is 119 Å². The van der Waals surface area contributed by atoms with E-state index in [9.17, 15) is 0 Å². The molecule has 0 bridgehead atoms. The van der Waals surface area contributed by atoms with Crippen LogP contribution in [0.15, 0.2) is 30.3 Å². The number of unbranched alkanes of at least 4 members (excludes halogenated alkanes) is 1. The van der Waals surface area contributed by atoms with Crippen LogP contribution in [-0.4, -0.2) is 31.8 Å². The number of benzene rings is 1. The van der Waals surface area contributed by atoms with Crippen molar-refractivity contribution in [3.63, 3.8) is 0 Å². The smallest absolute Gasteiger partial charge is 0.0700 e. The van der Waals surface area contributed by atoms with Crippen LogP contribution in [0, 0.1) is 0 Å². The van der Waals surface area contributed by atoms with Gasteiger partial charge in [-0.2, -0.15) is 0 Å². The fraction of sp³-hybridized carbons (Fsp3) is 0.600. The van der Waals surface area contributed by atoms with Crippen LogP contribution in [0.25, 0.3) is 0 Å². The molecule has 2 nitrogen and oxygen atoms in total. The lowest BCUT2D eigenvalue weighted by Gasteiger charge is -2.05. The molecule has 0 aliphatic rings. The third-order valence-electron chi connectivity index (χ3n) is 2.64. The number of alkyl halides is 1. The molecule has 0 atom stereocenters. The number of rotatable bonds is 11. The third-order valence-corrected chi connectivity index (χ3v) is 3.20. The standard InChI is InChI=1S/C15H23BrO2/c16-10-6-12-18-14-13-17-11-5-4-9-15-7-2-1-3-8-15/h1-3,7-8H,4-6,9-14H2. The van der Waals surface area contributed by atoms with Gasteiger partial charge in [-0.15, -0.1) is 0 Å². The van der Waals surface area contributed by atoms with Crippen molar-refractivity contribution >= 4 is 15.9 Å². The Hall–Kier alpha value is -0.380. The van der Waals surface area contributed by atoms with Crippen molar-refractivity contribution in [1.82, 2.24) is 0 Å². The molecule has 0 unspecified atom stereocenters. The Balaban J connectivity index is 1.82. The number of ether oxygens (including phenoxy) is 2. The van der Waals surface area contributed by atoms with Crippen molar-refractivity contribution in [2.24, 2.45) is 0 Å². The highest BCUT2D eigenvalue weighted by atomic mass is 79.9. The van der Waals surface area contributed by atoms with Gasteiger partial charge in [-0.3, -0.25) is 0 Å². The molecule has 0 N–H and O–H groups in total. The van der Waals surface area contributed by atoms with E-state index in [0.717, 1.165) is 37.8 Å². The van der Waals surface area contributed by atoms with E-state index in [1.165, 1.54) is 12.0 Å². The minimum Gasteiger partial charge on any atom is -0.379 e. The molecule has 0 amide bonds. The van der Waals surface area contributed by atoms with Gasteiger partial charge in [0.2, 0.25) is 0 Å². The monoisotopic (exact) mass is 314 g/mol. The maximum absolute atomic E-state index is 5.52. The number of halogens is 1. The summed E-state index contributed by atoms with van der Waals surface area (Å²) in [5, 5.41) is 1.01. The molecule has 0 saturated carbocycles. The zero-order valence-corrected chi connectivity index (χ0v) is 12.5. The first-order valence-electron chi connectivity index (χ1n) is 6.69. The molecule has 0 aliphatic heterocycles. The normalized spacial score (nSPS) is 10.7. The molecule has 1 aromatic carbocycles. The van der Waals surface area contributed by atoms with Crippen LogP contribution in [-0.2, 0) is 15.9 Å². The molecule has 3 heteroatoms. The molecule has 0 aliphatic carbocycles. The summed E-state index contributed by atoms with van der Waals surface area (Å²) in [6.45, 7) is 3.09. The van der Waals surface area contributed by atoms with Crippen LogP contribution in [0.1, 0.15) is 24.8 Å². The summed E-state index contributed by atoms with van der Waals surface area (Å²) in [5.41, 5.74) is 1.41. The van der Waals surface area contributed by atoms with Gasteiger partial charge < -0.3 is 9.47 Å². The summed E-state index contributed by atoms with van der Waals surface area (Å²) in [4.78, 5) is 0. The van der Waals surface area contributed by atoms with E-state index >= 15 is 0 Å². The Morgan fingerprint density at radius 2 is 1.44 bits per heavy atom. The van der Waals surface area contributed by atoms with Gasteiger partial charge in [0.1, 0.15) is 0 Å². The third kappa shape index (κ3) is 8.67. The second kappa shape index (κ2) is 11.7. The summed E-state index contributed by atoms with van der Waals surface area (Å²) >= 11 is 3.37. The number of hydrogen-bond donors (Lipinski definition) is 0. The van der Waals surface area contributed by atoms with E-state index in [-0.39, 0.29) is 0 Å². The minimum absolute atomic E-state index is 0.714. The van der Waals surface area contributed by atoms with Crippen LogP contribution in [0.5, 0.6) is 0 Å². The van der Waals surface area contributed by atoms with Gasteiger partial charge in [0.15, 0.2) is 0 Å². The highest BCUT2D eigenvalue weighted by molar-refractivity contribution is 9.09. The molecule has 102 valence electrons. The molecular weight excluding hydrogens is 292 g/mol. The largest absolute Gasteiger partial charge is 0.379 e. The maximum atomic E-state index is 5.52. The average molecular weight is 315 g/mol. The predicted octanol–water partition coefficient (Wildman–Crippen LogP) is 3.83. The molecule has 1 rings (SSSR count). The second-order valence-corrected chi connectivity index (χ2v) is 5.00. The first-order valence-corrected chi connectivity index (χ1v) is 7.81. The average Bonchev–Trinajstić information content (AvgIpc) is 2.42. The van der Waals surface area contributed by atoms with Gasteiger partial charge in [-0.25, -0.2) is 0 Å². The summed E-state index contributed by atoms with van der Waals surface area (Å²) in [7, 11) is 0. The van der Waals surface area contributed by atoms with Gasteiger partial charge >= 0.3 is 0 Å². The zero-order valence-electron chi connectivity index (χ0n) is 10.9. The van der Waals surface area contributed by atoms with Crippen LogP contribution < -0.4 is 0 Å². The van der Waals surface area contributed by atoms with E-state index in [1.54, 1.807) is 0 Å². The highest BCUT2D eigenvalue weighted by Gasteiger charge is 1.93. The Morgan fingerprint density at radius 3 is 2.11 bits per heavy atom.